The predicted molar refractivity (Wildman–Crippen MR) is 53.4 cm³/mol. The first-order valence-electron chi connectivity index (χ1n) is 4.86. The average molecular weight is 184 g/mol. The molecular formula is C10H20N2O. The van der Waals surface area contributed by atoms with E-state index in [0.29, 0.717) is 6.61 Å². The van der Waals surface area contributed by atoms with Crippen molar-refractivity contribution in [2.45, 2.75) is 32.7 Å². The van der Waals surface area contributed by atoms with E-state index >= 15 is 0 Å². The fourth-order valence-electron chi connectivity index (χ4n) is 1.67. The Morgan fingerprint density at radius 1 is 1.31 bits per heavy atom. The summed E-state index contributed by atoms with van der Waals surface area (Å²) in [6, 6.07) is 2.37. The van der Waals surface area contributed by atoms with E-state index in [-0.39, 0.29) is 0 Å². The number of likely N-dealkylation sites (N-methyl/N-ethyl adjacent to an activating group) is 1. The molecule has 0 amide bonds. The van der Waals surface area contributed by atoms with Gasteiger partial charge in [0.15, 0.2) is 0 Å². The summed E-state index contributed by atoms with van der Waals surface area (Å²) in [6.45, 7) is 8.44. The predicted octanol–water partition coefficient (Wildman–Crippen LogP) is 1.65. The summed E-state index contributed by atoms with van der Waals surface area (Å²) >= 11 is 0. The highest BCUT2D eigenvalue weighted by Gasteiger charge is 2.33. The maximum atomic E-state index is 9.17. The third kappa shape index (κ3) is 2.68. The fourth-order valence-corrected chi connectivity index (χ4v) is 1.67. The van der Waals surface area contributed by atoms with Crippen molar-refractivity contribution in [3.05, 3.63) is 0 Å². The van der Waals surface area contributed by atoms with Crippen molar-refractivity contribution >= 4 is 0 Å². The topological polar surface area (TPSA) is 36.3 Å². The van der Waals surface area contributed by atoms with Gasteiger partial charge in [-0.3, -0.25) is 4.90 Å². The molecule has 0 rings (SSSR count). The van der Waals surface area contributed by atoms with Crippen molar-refractivity contribution < 1.29 is 4.74 Å². The molecule has 13 heavy (non-hydrogen) atoms. The van der Waals surface area contributed by atoms with Crippen LogP contribution < -0.4 is 0 Å². The molecule has 76 valence electrons. The van der Waals surface area contributed by atoms with E-state index in [9.17, 15) is 0 Å². The fraction of sp³-hybridized carbons (Fsp3) is 0.900. The Hall–Kier alpha value is -0.590. The largest absolute Gasteiger partial charge is 0.382 e. The van der Waals surface area contributed by atoms with Crippen LogP contribution in [0.15, 0.2) is 0 Å². The summed E-state index contributed by atoms with van der Waals surface area (Å²) in [6.07, 6.45) is 0.805. The quantitative estimate of drug-likeness (QED) is 0.629. The Bertz CT molecular complexity index is 172. The van der Waals surface area contributed by atoms with Crippen molar-refractivity contribution in [3.63, 3.8) is 0 Å². The molecule has 0 fully saturated rings. The van der Waals surface area contributed by atoms with Crippen molar-refractivity contribution in [3.8, 4) is 6.07 Å². The Labute approximate surface area is 81.3 Å². The zero-order chi connectivity index (χ0) is 10.3. The second-order valence-corrected chi connectivity index (χ2v) is 3.10. The van der Waals surface area contributed by atoms with Gasteiger partial charge < -0.3 is 4.74 Å². The summed E-state index contributed by atoms with van der Waals surface area (Å²) < 4.78 is 5.11. The van der Waals surface area contributed by atoms with Gasteiger partial charge in [0, 0.05) is 7.11 Å². The third-order valence-electron chi connectivity index (χ3n) is 2.54. The normalized spacial score (nSPS) is 15.4. The number of nitriles is 1. The zero-order valence-corrected chi connectivity index (χ0v) is 9.13. The molecule has 3 nitrogen and oxygen atoms in total. The molecule has 0 aromatic rings. The maximum Gasteiger partial charge on any atom is 0.132 e. The molecule has 0 aromatic carbocycles. The molecule has 0 saturated carbocycles. The van der Waals surface area contributed by atoms with E-state index in [0.717, 1.165) is 19.5 Å². The van der Waals surface area contributed by atoms with Crippen molar-refractivity contribution in [1.29, 1.82) is 5.26 Å². The molecule has 0 aliphatic heterocycles. The van der Waals surface area contributed by atoms with Crippen LogP contribution >= 0.6 is 0 Å². The van der Waals surface area contributed by atoms with Crippen molar-refractivity contribution in [2.24, 2.45) is 0 Å². The van der Waals surface area contributed by atoms with Crippen molar-refractivity contribution in [1.82, 2.24) is 4.90 Å². The lowest BCUT2D eigenvalue weighted by molar-refractivity contribution is 0.0499. The molecule has 0 aliphatic carbocycles. The minimum absolute atomic E-state index is 0.432. The molecule has 0 aliphatic rings. The Balaban J connectivity index is 4.63. The number of ether oxygens (including phenoxy) is 1. The van der Waals surface area contributed by atoms with Crippen LogP contribution in [0.3, 0.4) is 0 Å². The van der Waals surface area contributed by atoms with Crippen LogP contribution in [-0.4, -0.2) is 37.2 Å². The van der Waals surface area contributed by atoms with Crippen LogP contribution in [0.5, 0.6) is 0 Å². The number of rotatable bonds is 6. The van der Waals surface area contributed by atoms with Gasteiger partial charge >= 0.3 is 0 Å². The number of hydrogen-bond donors (Lipinski definition) is 0. The molecule has 0 N–H and O–H groups in total. The van der Waals surface area contributed by atoms with E-state index in [1.807, 2.05) is 6.92 Å². The zero-order valence-electron chi connectivity index (χ0n) is 9.13. The number of hydrogen-bond acceptors (Lipinski definition) is 3. The molecule has 0 spiro atoms. The molecule has 0 aromatic heterocycles. The minimum atomic E-state index is -0.432. The average Bonchev–Trinajstić information content (AvgIpc) is 2.18. The summed E-state index contributed by atoms with van der Waals surface area (Å²) in [5.74, 6) is 0. The second kappa shape index (κ2) is 5.95. The molecule has 0 radical (unpaired) electrons. The third-order valence-corrected chi connectivity index (χ3v) is 2.54. The summed E-state index contributed by atoms with van der Waals surface area (Å²) in [5.41, 5.74) is -0.432. The smallest absolute Gasteiger partial charge is 0.132 e. The van der Waals surface area contributed by atoms with Gasteiger partial charge in [0.2, 0.25) is 0 Å². The molecule has 0 saturated heterocycles. The minimum Gasteiger partial charge on any atom is -0.382 e. The summed E-state index contributed by atoms with van der Waals surface area (Å²) in [5, 5.41) is 9.17. The van der Waals surface area contributed by atoms with Crippen molar-refractivity contribution in [2.75, 3.05) is 26.8 Å². The van der Waals surface area contributed by atoms with Crippen LogP contribution in [0.4, 0.5) is 0 Å². The first-order chi connectivity index (χ1) is 6.20. The molecular weight excluding hydrogens is 164 g/mol. The summed E-state index contributed by atoms with van der Waals surface area (Å²) in [7, 11) is 1.64. The molecule has 0 heterocycles. The second-order valence-electron chi connectivity index (χ2n) is 3.10. The van der Waals surface area contributed by atoms with Gasteiger partial charge in [-0.15, -0.1) is 0 Å². The van der Waals surface area contributed by atoms with Crippen LogP contribution in [0.1, 0.15) is 27.2 Å². The Morgan fingerprint density at radius 2 is 1.85 bits per heavy atom. The lowest BCUT2D eigenvalue weighted by atomic mass is 9.96. The first-order valence-corrected chi connectivity index (χ1v) is 4.86. The highest BCUT2D eigenvalue weighted by molar-refractivity contribution is 5.07. The van der Waals surface area contributed by atoms with Crippen LogP contribution in [-0.2, 0) is 4.74 Å². The van der Waals surface area contributed by atoms with Gasteiger partial charge in [-0.2, -0.15) is 5.26 Å². The van der Waals surface area contributed by atoms with E-state index in [2.05, 4.69) is 24.8 Å². The van der Waals surface area contributed by atoms with E-state index in [1.165, 1.54) is 0 Å². The monoisotopic (exact) mass is 184 g/mol. The summed E-state index contributed by atoms with van der Waals surface area (Å²) in [4.78, 5) is 2.15. The van der Waals surface area contributed by atoms with Crippen LogP contribution in [0, 0.1) is 11.3 Å². The van der Waals surface area contributed by atoms with Gasteiger partial charge in [0.1, 0.15) is 5.54 Å². The molecule has 3 heteroatoms. The van der Waals surface area contributed by atoms with Gasteiger partial charge in [-0.25, -0.2) is 0 Å². The van der Waals surface area contributed by atoms with Gasteiger partial charge in [0.25, 0.3) is 0 Å². The Morgan fingerprint density at radius 3 is 2.08 bits per heavy atom. The molecule has 1 atom stereocenters. The SMILES string of the molecule is CCN(CC)C(C#N)(CC)COC. The van der Waals surface area contributed by atoms with Gasteiger partial charge in [-0.05, 0) is 19.5 Å². The molecule has 0 bridgehead atoms. The number of methoxy groups -OCH3 is 1. The van der Waals surface area contributed by atoms with Crippen LogP contribution in [0.25, 0.3) is 0 Å². The lowest BCUT2D eigenvalue weighted by Gasteiger charge is -2.36. The van der Waals surface area contributed by atoms with Crippen LogP contribution in [0.2, 0.25) is 0 Å². The Kier molecular flexibility index (Phi) is 5.68. The number of nitrogens with zero attached hydrogens (tertiary/aromatic N) is 2. The standard InChI is InChI=1S/C10H20N2O/c1-5-10(8-11,9-13-4)12(6-2)7-3/h5-7,9H2,1-4H3. The van der Waals surface area contributed by atoms with E-state index < -0.39 is 5.54 Å². The highest BCUT2D eigenvalue weighted by atomic mass is 16.5. The first kappa shape index (κ1) is 12.4. The highest BCUT2D eigenvalue weighted by Crippen LogP contribution is 2.18. The molecule has 1 unspecified atom stereocenters. The van der Waals surface area contributed by atoms with E-state index in [1.54, 1.807) is 7.11 Å². The van der Waals surface area contributed by atoms with Gasteiger partial charge in [0.05, 0.1) is 12.7 Å². The van der Waals surface area contributed by atoms with E-state index in [4.69, 9.17) is 10.00 Å². The lowest BCUT2D eigenvalue weighted by Crippen LogP contribution is -2.50. The van der Waals surface area contributed by atoms with Gasteiger partial charge in [-0.1, -0.05) is 20.8 Å². The maximum absolute atomic E-state index is 9.17.